The number of rotatable bonds is 10. The molecule has 0 saturated carbocycles. The number of nitrogens with one attached hydrogen (secondary N) is 2. The molecule has 26 nitrogen and oxygen atoms in total. The lowest BCUT2D eigenvalue weighted by Crippen LogP contribution is -2.47. The van der Waals surface area contributed by atoms with Gasteiger partial charge >= 0.3 is 47.9 Å². The van der Waals surface area contributed by atoms with Gasteiger partial charge in [-0.3, -0.25) is 39.5 Å². The van der Waals surface area contributed by atoms with E-state index in [-0.39, 0.29) is 12.1 Å². The van der Waals surface area contributed by atoms with E-state index in [0.717, 1.165) is 111 Å². The quantitative estimate of drug-likeness (QED) is 0.0709. The monoisotopic (exact) mass is 1170 g/mol. The average molecular weight is 1170 g/mol. The van der Waals surface area contributed by atoms with Gasteiger partial charge in [0.05, 0.1) is 22.7 Å². The zero-order valence-electron chi connectivity index (χ0n) is 43.6. The number of nitrogens with zero attached hydrogens (tertiary/aromatic N) is 10. The lowest BCUT2D eigenvalue weighted by atomic mass is 10.1. The summed E-state index contributed by atoms with van der Waals surface area (Å²) in [5, 5.41) is 51.9. The maximum absolute atomic E-state index is 13.0. The van der Waals surface area contributed by atoms with Crippen molar-refractivity contribution in [2.45, 2.75) is 12.8 Å². The van der Waals surface area contributed by atoms with E-state index in [1.807, 2.05) is 84.9 Å². The number of carbonyl (C=O) groups is 8. The Morgan fingerprint density at radius 3 is 1.05 bits per heavy atom. The first-order valence-electron chi connectivity index (χ1n) is 25.1. The van der Waals surface area contributed by atoms with Crippen LogP contribution in [0.25, 0.3) is 22.8 Å². The number of piperazine rings is 2. The topological polar surface area (TPSA) is 353 Å². The smallest absolute Gasteiger partial charge is 0.414 e. The number of fused-ring (bicyclic) bond motifs is 6. The Labute approximate surface area is 478 Å². The number of urea groups is 2. The van der Waals surface area contributed by atoms with Crippen LogP contribution in [-0.4, -0.2) is 187 Å². The first kappa shape index (κ1) is 61.7. The van der Waals surface area contributed by atoms with Crippen LogP contribution in [0.2, 0.25) is 10.0 Å². The first-order chi connectivity index (χ1) is 39.3. The van der Waals surface area contributed by atoms with Crippen molar-refractivity contribution in [1.82, 2.24) is 29.7 Å². The summed E-state index contributed by atoms with van der Waals surface area (Å²) in [6, 6.07) is 30.8. The SMILES string of the molecule is O=C(O)C(=O)O.O=C(O)C(=O)O.O=C(O)C(=O)O.O=C1Nc2cccnc2-c2ncccc2N1CCCN1CCN(c2cccc(Cl)c2)CC1.O=C1Nc2cccnc2-c2ncccc2N1CCCN1CCN(c2cccc(Cl)c2)CC1. The maximum atomic E-state index is 13.0. The number of halogens is 2. The largest absolute Gasteiger partial charge is 0.473 e. The fraction of sp³-hybridized carbons (Fsp3) is 0.259. The summed E-state index contributed by atoms with van der Waals surface area (Å²) in [7, 11) is 0. The molecular weight excluding hydrogens is 1110 g/mol. The van der Waals surface area contributed by atoms with Crippen molar-refractivity contribution in [2.24, 2.45) is 0 Å². The molecule has 430 valence electrons. The van der Waals surface area contributed by atoms with Gasteiger partial charge in [-0.05, 0) is 111 Å². The zero-order chi connectivity index (χ0) is 59.3. The highest BCUT2D eigenvalue weighted by Gasteiger charge is 2.29. The van der Waals surface area contributed by atoms with Gasteiger partial charge < -0.3 is 51.1 Å². The van der Waals surface area contributed by atoms with Crippen LogP contribution in [0.3, 0.4) is 0 Å². The summed E-state index contributed by atoms with van der Waals surface area (Å²) >= 11 is 12.3. The zero-order valence-corrected chi connectivity index (χ0v) is 45.1. The molecule has 2 saturated heterocycles. The lowest BCUT2D eigenvalue weighted by molar-refractivity contribution is -0.159. The van der Waals surface area contributed by atoms with Gasteiger partial charge in [0, 0.05) is 112 Å². The van der Waals surface area contributed by atoms with Gasteiger partial charge in [-0.25, -0.2) is 38.4 Å². The predicted octanol–water partition coefficient (Wildman–Crippen LogP) is 6.19. The van der Waals surface area contributed by atoms with Gasteiger partial charge in [-0.2, -0.15) is 0 Å². The second-order valence-corrected chi connectivity index (χ2v) is 18.7. The summed E-state index contributed by atoms with van der Waals surface area (Å²) in [6.07, 6.45) is 8.69. The number of carbonyl (C=O) groups excluding carboxylic acids is 2. The van der Waals surface area contributed by atoms with Crippen LogP contribution in [0.1, 0.15) is 12.8 Å². The summed E-state index contributed by atoms with van der Waals surface area (Å²) < 4.78 is 0. The fourth-order valence-corrected chi connectivity index (χ4v) is 9.09. The number of hydrogen-bond acceptors (Lipinski definition) is 16. The molecule has 82 heavy (non-hydrogen) atoms. The van der Waals surface area contributed by atoms with Crippen LogP contribution in [0.15, 0.2) is 122 Å². The Morgan fingerprint density at radius 1 is 0.415 bits per heavy atom. The molecule has 28 heteroatoms. The average Bonchev–Trinajstić information content (AvgIpc) is 3.96. The summed E-state index contributed by atoms with van der Waals surface area (Å²) in [6.45, 7) is 11.0. The molecule has 4 aliphatic rings. The molecule has 4 aliphatic heterocycles. The van der Waals surface area contributed by atoms with E-state index in [4.69, 9.17) is 82.6 Å². The molecule has 0 aliphatic carbocycles. The third-order valence-electron chi connectivity index (χ3n) is 12.5. The Kier molecular flexibility index (Phi) is 22.7. The Morgan fingerprint density at radius 2 is 0.732 bits per heavy atom. The number of aliphatic carboxylic acids is 6. The lowest BCUT2D eigenvalue weighted by Gasteiger charge is -2.36. The van der Waals surface area contributed by atoms with Gasteiger partial charge in [-0.1, -0.05) is 35.3 Å². The van der Waals surface area contributed by atoms with Crippen LogP contribution in [0, 0.1) is 0 Å². The van der Waals surface area contributed by atoms with E-state index in [0.29, 0.717) is 35.9 Å². The van der Waals surface area contributed by atoms with E-state index in [1.54, 1.807) is 34.6 Å². The standard InChI is InChI=1S/2C24H25ClN6O.3C2H2O4/c2*25-18-5-1-6-19(17-18)30-15-13-29(14-16-30)11-4-12-31-21-8-3-10-27-23(21)22-20(28-24(31)32)7-2-9-26-22;3*3-1(4)2(5)6/h2*1-3,5-10,17H,4,11-16H2,(H,28,32);3*(H,3,4)(H,5,6). The van der Waals surface area contributed by atoms with E-state index in [1.165, 1.54) is 11.4 Å². The molecule has 4 aromatic heterocycles. The second kappa shape index (κ2) is 30.2. The van der Waals surface area contributed by atoms with Crippen molar-refractivity contribution in [3.05, 3.63) is 132 Å². The summed E-state index contributed by atoms with van der Waals surface area (Å²) in [5.74, 6) is -10.9. The van der Waals surface area contributed by atoms with Crippen LogP contribution in [-0.2, 0) is 28.8 Å². The highest BCUT2D eigenvalue weighted by atomic mass is 35.5. The molecule has 0 radical (unpaired) electrons. The van der Waals surface area contributed by atoms with Gasteiger partial charge in [0.1, 0.15) is 22.8 Å². The minimum Gasteiger partial charge on any atom is -0.473 e. The molecule has 8 N–H and O–H groups in total. The van der Waals surface area contributed by atoms with Crippen molar-refractivity contribution in [3.63, 3.8) is 0 Å². The maximum Gasteiger partial charge on any atom is 0.414 e. The first-order valence-corrected chi connectivity index (χ1v) is 25.9. The molecule has 2 aromatic carbocycles. The molecule has 2 fully saturated rings. The normalized spacial score (nSPS) is 14.3. The van der Waals surface area contributed by atoms with Crippen molar-refractivity contribution in [1.29, 1.82) is 0 Å². The van der Waals surface area contributed by atoms with Crippen LogP contribution in [0.5, 0.6) is 0 Å². The van der Waals surface area contributed by atoms with Gasteiger partial charge in [0.15, 0.2) is 0 Å². The van der Waals surface area contributed by atoms with Gasteiger partial charge in [0.2, 0.25) is 0 Å². The number of carboxylic acids is 6. The molecular formula is C54H56Cl2N12O14. The molecule has 6 aromatic rings. The molecule has 0 atom stereocenters. The number of pyridine rings is 4. The number of aromatic nitrogens is 4. The number of carboxylic acid groups (broad SMARTS) is 6. The molecule has 4 amide bonds. The number of hydrogen-bond donors (Lipinski definition) is 8. The van der Waals surface area contributed by atoms with Crippen molar-refractivity contribution >= 4 is 105 Å². The molecule has 10 rings (SSSR count). The van der Waals surface area contributed by atoms with Crippen LogP contribution in [0.4, 0.5) is 43.7 Å². The van der Waals surface area contributed by atoms with Crippen molar-refractivity contribution < 1.29 is 69.0 Å². The summed E-state index contributed by atoms with van der Waals surface area (Å²) in [4.78, 5) is 112. The third-order valence-corrected chi connectivity index (χ3v) is 13.0. The van der Waals surface area contributed by atoms with Crippen molar-refractivity contribution in [3.8, 4) is 22.8 Å². The van der Waals surface area contributed by atoms with Crippen molar-refractivity contribution in [2.75, 3.05) is 109 Å². The van der Waals surface area contributed by atoms with E-state index in [2.05, 4.69) is 62.3 Å². The predicted molar refractivity (Wildman–Crippen MR) is 303 cm³/mol. The van der Waals surface area contributed by atoms with E-state index < -0.39 is 35.8 Å². The van der Waals surface area contributed by atoms with Crippen LogP contribution < -0.4 is 30.2 Å². The van der Waals surface area contributed by atoms with Gasteiger partial charge in [-0.15, -0.1) is 0 Å². The van der Waals surface area contributed by atoms with Crippen LogP contribution >= 0.6 is 23.2 Å². The van der Waals surface area contributed by atoms with E-state index >= 15 is 0 Å². The molecule has 0 bridgehead atoms. The second-order valence-electron chi connectivity index (χ2n) is 17.9. The fourth-order valence-electron chi connectivity index (χ4n) is 8.72. The number of benzene rings is 2. The van der Waals surface area contributed by atoms with Gasteiger partial charge in [0.25, 0.3) is 0 Å². The molecule has 0 unspecified atom stereocenters. The highest BCUT2D eigenvalue weighted by Crippen LogP contribution is 2.37. The third kappa shape index (κ3) is 17.8. The summed E-state index contributed by atoms with van der Waals surface area (Å²) in [5.41, 5.74) is 8.21. The highest BCUT2D eigenvalue weighted by molar-refractivity contribution is 6.31. The van der Waals surface area contributed by atoms with E-state index in [9.17, 15) is 9.59 Å². The minimum absolute atomic E-state index is 0.142. The molecule has 0 spiro atoms. The Hall–Kier alpha value is -9.50. The number of amides is 4. The Bertz CT molecular complexity index is 2980. The molecule has 8 heterocycles. The minimum atomic E-state index is -1.82. The number of anilines is 6. The Balaban J connectivity index is 0.000000204.